The van der Waals surface area contributed by atoms with Crippen LogP contribution in [0.15, 0.2) is 11.6 Å². The van der Waals surface area contributed by atoms with Gasteiger partial charge in [0, 0.05) is 24.7 Å². The van der Waals surface area contributed by atoms with Crippen molar-refractivity contribution in [1.29, 1.82) is 0 Å². The van der Waals surface area contributed by atoms with E-state index in [0.717, 1.165) is 12.8 Å². The fraction of sp³-hybridized carbons (Fsp3) is 0.583. The van der Waals surface area contributed by atoms with E-state index in [4.69, 9.17) is 4.74 Å². The second kappa shape index (κ2) is 4.80. The normalized spacial score (nSPS) is 20.1. The maximum absolute atomic E-state index is 11.8. The lowest BCUT2D eigenvalue weighted by Crippen LogP contribution is -2.40. The summed E-state index contributed by atoms with van der Waals surface area (Å²) < 4.78 is 4.76. The van der Waals surface area contributed by atoms with Gasteiger partial charge in [-0.3, -0.25) is 5.32 Å². The number of aromatic nitrogens is 1. The van der Waals surface area contributed by atoms with Crippen LogP contribution in [0, 0.1) is 5.41 Å². The highest BCUT2D eigenvalue weighted by Crippen LogP contribution is 2.53. The maximum atomic E-state index is 11.8. The van der Waals surface area contributed by atoms with E-state index < -0.39 is 12.2 Å². The molecule has 0 unspecified atom stereocenters. The molecule has 1 saturated heterocycles. The number of anilines is 1. The zero-order valence-corrected chi connectivity index (χ0v) is 11.2. The van der Waals surface area contributed by atoms with E-state index in [9.17, 15) is 9.59 Å². The van der Waals surface area contributed by atoms with Gasteiger partial charge in [-0.2, -0.15) is 0 Å². The number of thiazole rings is 1. The number of rotatable bonds is 1. The van der Waals surface area contributed by atoms with Gasteiger partial charge in [-0.25, -0.2) is 14.6 Å². The number of piperidine rings is 1. The van der Waals surface area contributed by atoms with E-state index in [-0.39, 0.29) is 0 Å². The Hall–Kier alpha value is -1.63. The first kappa shape index (κ1) is 12.4. The molecule has 2 fully saturated rings. The molecular formula is C12H15N3O3S. The first-order valence-corrected chi connectivity index (χ1v) is 7.22. The topological polar surface area (TPSA) is 71.5 Å². The van der Waals surface area contributed by atoms with Crippen molar-refractivity contribution in [3.05, 3.63) is 11.6 Å². The number of hydrogen-bond donors (Lipinski definition) is 1. The Morgan fingerprint density at radius 1 is 1.32 bits per heavy atom. The molecule has 102 valence electrons. The number of ether oxygens (including phenoxy) is 1. The molecule has 2 amide bonds. The Balaban J connectivity index is 1.46. The van der Waals surface area contributed by atoms with Crippen molar-refractivity contribution in [2.24, 2.45) is 5.41 Å². The number of hydrogen-bond acceptors (Lipinski definition) is 5. The summed E-state index contributed by atoms with van der Waals surface area (Å²) in [6.45, 7) is 1.37. The van der Waals surface area contributed by atoms with Crippen molar-refractivity contribution in [3.8, 4) is 0 Å². The molecule has 1 aromatic heterocycles. The highest BCUT2D eigenvalue weighted by atomic mass is 32.1. The largest absolute Gasteiger partial charge is 0.422 e. The van der Waals surface area contributed by atoms with Crippen LogP contribution < -0.4 is 5.32 Å². The summed E-state index contributed by atoms with van der Waals surface area (Å²) >= 11 is 1.27. The summed E-state index contributed by atoms with van der Waals surface area (Å²) in [4.78, 5) is 28.8. The molecular weight excluding hydrogens is 266 g/mol. The van der Waals surface area contributed by atoms with Crippen LogP contribution in [0.3, 0.4) is 0 Å². The zero-order valence-electron chi connectivity index (χ0n) is 10.4. The Labute approximate surface area is 114 Å². The van der Waals surface area contributed by atoms with Gasteiger partial charge in [0.05, 0.1) is 0 Å². The first-order valence-electron chi connectivity index (χ1n) is 6.34. The van der Waals surface area contributed by atoms with E-state index >= 15 is 0 Å². The second-order valence-corrected chi connectivity index (χ2v) is 6.00. The summed E-state index contributed by atoms with van der Waals surface area (Å²) in [6, 6.07) is 0. The number of nitrogens with zero attached hydrogens (tertiary/aromatic N) is 2. The Bertz CT molecular complexity index is 474. The van der Waals surface area contributed by atoms with Gasteiger partial charge in [-0.1, -0.05) is 0 Å². The number of carbonyl (C=O) groups excluding carboxylic acids is 2. The van der Waals surface area contributed by atoms with Crippen LogP contribution in [-0.2, 0) is 4.74 Å². The molecule has 0 radical (unpaired) electrons. The zero-order chi connectivity index (χ0) is 13.3. The van der Waals surface area contributed by atoms with Gasteiger partial charge in [0.15, 0.2) is 5.13 Å². The molecule has 1 spiro atoms. The molecule has 2 aliphatic rings. The van der Waals surface area contributed by atoms with Crippen molar-refractivity contribution < 1.29 is 14.3 Å². The lowest BCUT2D eigenvalue weighted by Gasteiger charge is -2.30. The minimum Gasteiger partial charge on any atom is -0.359 e. The van der Waals surface area contributed by atoms with Crippen molar-refractivity contribution in [2.45, 2.75) is 25.7 Å². The van der Waals surface area contributed by atoms with Crippen LogP contribution in [0.5, 0.6) is 0 Å². The molecule has 1 aromatic rings. The fourth-order valence-corrected chi connectivity index (χ4v) is 2.90. The monoisotopic (exact) mass is 281 g/mol. The maximum Gasteiger partial charge on any atom is 0.422 e. The van der Waals surface area contributed by atoms with Crippen LogP contribution in [0.25, 0.3) is 0 Å². The molecule has 1 aliphatic carbocycles. The summed E-state index contributed by atoms with van der Waals surface area (Å²) in [6.07, 6.45) is 4.84. The molecule has 0 bridgehead atoms. The molecule has 3 rings (SSSR count). The van der Waals surface area contributed by atoms with E-state index in [1.807, 2.05) is 0 Å². The fourth-order valence-electron chi connectivity index (χ4n) is 2.38. The van der Waals surface area contributed by atoms with Crippen LogP contribution in [0.2, 0.25) is 0 Å². The van der Waals surface area contributed by atoms with Crippen molar-refractivity contribution in [3.63, 3.8) is 0 Å². The average molecular weight is 281 g/mol. The summed E-state index contributed by atoms with van der Waals surface area (Å²) in [5.74, 6) is 0. The molecule has 0 atom stereocenters. The Morgan fingerprint density at radius 2 is 2.05 bits per heavy atom. The minimum absolute atomic E-state index is 0.424. The molecule has 1 aliphatic heterocycles. The van der Waals surface area contributed by atoms with E-state index in [1.54, 1.807) is 16.5 Å². The third-order valence-corrected chi connectivity index (χ3v) is 4.55. The molecule has 2 heterocycles. The van der Waals surface area contributed by atoms with E-state index in [2.05, 4.69) is 10.3 Å². The molecule has 19 heavy (non-hydrogen) atoms. The van der Waals surface area contributed by atoms with Crippen LogP contribution >= 0.6 is 11.3 Å². The summed E-state index contributed by atoms with van der Waals surface area (Å²) in [7, 11) is 0. The van der Waals surface area contributed by atoms with Gasteiger partial charge >= 0.3 is 12.2 Å². The van der Waals surface area contributed by atoms with Crippen LogP contribution in [-0.4, -0.2) is 35.2 Å². The highest BCUT2D eigenvalue weighted by molar-refractivity contribution is 7.13. The number of nitrogens with one attached hydrogen (secondary N) is 1. The van der Waals surface area contributed by atoms with E-state index in [1.165, 1.54) is 24.2 Å². The van der Waals surface area contributed by atoms with Gasteiger partial charge in [0.2, 0.25) is 0 Å². The lowest BCUT2D eigenvalue weighted by molar-refractivity contribution is 0.106. The first-order chi connectivity index (χ1) is 9.17. The third kappa shape index (κ3) is 2.86. The SMILES string of the molecule is O=C(Nc1nccs1)OC(=O)N1CCC2(CC1)CC2. The number of likely N-dealkylation sites (tertiary alicyclic amines) is 1. The second-order valence-electron chi connectivity index (χ2n) is 5.10. The van der Waals surface area contributed by atoms with Crippen LogP contribution in [0.1, 0.15) is 25.7 Å². The minimum atomic E-state index is -0.772. The summed E-state index contributed by atoms with van der Waals surface area (Å²) in [5.41, 5.74) is 0.500. The van der Waals surface area contributed by atoms with Gasteiger partial charge in [-0.05, 0) is 31.1 Å². The quantitative estimate of drug-likeness (QED) is 0.803. The smallest absolute Gasteiger partial charge is 0.359 e. The standard InChI is InChI=1S/C12H15N3O3S/c16-10(14-9-13-5-8-19-9)18-11(17)15-6-3-12(1-2-12)4-7-15/h5,8H,1-4,6-7H2,(H,13,14,16). The molecule has 0 aromatic carbocycles. The highest BCUT2D eigenvalue weighted by Gasteiger charge is 2.45. The Morgan fingerprint density at radius 3 is 2.63 bits per heavy atom. The van der Waals surface area contributed by atoms with Gasteiger partial charge in [0.25, 0.3) is 0 Å². The lowest BCUT2D eigenvalue weighted by atomic mass is 9.94. The third-order valence-electron chi connectivity index (χ3n) is 3.86. The predicted octanol–water partition coefficient (Wildman–Crippen LogP) is 2.69. The van der Waals surface area contributed by atoms with Gasteiger partial charge in [0.1, 0.15) is 0 Å². The Kier molecular flexibility index (Phi) is 3.14. The number of amides is 2. The predicted molar refractivity (Wildman–Crippen MR) is 70.1 cm³/mol. The van der Waals surface area contributed by atoms with E-state index in [0.29, 0.717) is 23.6 Å². The van der Waals surface area contributed by atoms with Crippen molar-refractivity contribution in [2.75, 3.05) is 18.4 Å². The summed E-state index contributed by atoms with van der Waals surface area (Å²) in [5, 5.41) is 4.58. The van der Waals surface area contributed by atoms with Crippen molar-refractivity contribution in [1.82, 2.24) is 9.88 Å². The number of carbonyl (C=O) groups is 2. The van der Waals surface area contributed by atoms with Crippen LogP contribution in [0.4, 0.5) is 14.7 Å². The molecule has 1 N–H and O–H groups in total. The average Bonchev–Trinajstić information content (AvgIpc) is 2.94. The molecule has 7 heteroatoms. The molecule has 6 nitrogen and oxygen atoms in total. The van der Waals surface area contributed by atoms with Crippen molar-refractivity contribution >= 4 is 28.7 Å². The molecule has 1 saturated carbocycles. The van der Waals surface area contributed by atoms with Gasteiger partial charge in [-0.15, -0.1) is 11.3 Å². The van der Waals surface area contributed by atoms with Gasteiger partial charge < -0.3 is 9.64 Å².